The number of hydrogen-bond donors (Lipinski definition) is 0. The summed E-state index contributed by atoms with van der Waals surface area (Å²) in [5.41, 5.74) is 10.8. The summed E-state index contributed by atoms with van der Waals surface area (Å²) in [6.45, 7) is 3.11. The third-order valence-electron chi connectivity index (χ3n) is 3.09. The van der Waals surface area contributed by atoms with Crippen LogP contribution in [0.15, 0.2) is 42.5 Å². The Morgan fingerprint density at radius 3 is 2.56 bits per heavy atom. The maximum absolute atomic E-state index is 7.71. The molecular weight excluding hydrogens is 196 g/mol. The quantitative estimate of drug-likeness (QED) is 0.584. The topological polar surface area (TPSA) is 28.7 Å². The van der Waals surface area contributed by atoms with Crippen LogP contribution in [-0.2, 0) is 6.54 Å². The summed E-state index contributed by atoms with van der Waals surface area (Å²) >= 11 is 0. The minimum Gasteiger partial charge on any atom is -0.341 e. The molecule has 1 heterocycles. The Labute approximate surface area is 94.3 Å². The van der Waals surface area contributed by atoms with Gasteiger partial charge >= 0.3 is 0 Å². The number of nitrogens with one attached hydrogen (secondary N) is 1. The number of para-hydroxylation sites is 1. The zero-order valence-corrected chi connectivity index (χ0v) is 9.20. The summed E-state index contributed by atoms with van der Waals surface area (Å²) in [5.74, 6) is 0. The second-order valence-corrected chi connectivity index (χ2v) is 3.99. The molecule has 0 aliphatic carbocycles. The van der Waals surface area contributed by atoms with Gasteiger partial charge in [-0.2, -0.15) is 0 Å². The zero-order valence-electron chi connectivity index (χ0n) is 9.20. The highest BCUT2D eigenvalue weighted by molar-refractivity contribution is 6.08. The molecule has 0 atom stereocenters. The lowest BCUT2D eigenvalue weighted by Crippen LogP contribution is -1.92. The van der Waals surface area contributed by atoms with Crippen molar-refractivity contribution in [3.05, 3.63) is 42.5 Å². The van der Waals surface area contributed by atoms with Crippen molar-refractivity contribution in [2.75, 3.05) is 0 Å². The summed E-state index contributed by atoms with van der Waals surface area (Å²) in [5, 5.41) is 2.43. The van der Waals surface area contributed by atoms with E-state index in [4.69, 9.17) is 5.73 Å². The zero-order chi connectivity index (χ0) is 11.1. The van der Waals surface area contributed by atoms with Gasteiger partial charge in [0.25, 0.3) is 0 Å². The first-order valence-corrected chi connectivity index (χ1v) is 5.54. The lowest BCUT2D eigenvalue weighted by molar-refractivity contribution is 0.827. The van der Waals surface area contributed by atoms with Crippen molar-refractivity contribution in [2.24, 2.45) is 0 Å². The molecule has 79 valence electrons. The third-order valence-corrected chi connectivity index (χ3v) is 3.09. The largest absolute Gasteiger partial charge is 0.341 e. The lowest BCUT2D eigenvalue weighted by atomic mass is 10.1. The van der Waals surface area contributed by atoms with E-state index in [1.165, 1.54) is 21.8 Å². The number of aromatic nitrogens is 1. The fourth-order valence-corrected chi connectivity index (χ4v) is 2.39. The maximum atomic E-state index is 7.71. The molecule has 1 radical (unpaired) electrons. The minimum absolute atomic E-state index is 0.575. The second kappa shape index (κ2) is 3.27. The summed E-state index contributed by atoms with van der Waals surface area (Å²) in [4.78, 5) is 0. The molecule has 1 aromatic heterocycles. The molecule has 0 aliphatic rings. The van der Waals surface area contributed by atoms with Gasteiger partial charge in [0, 0.05) is 28.4 Å². The van der Waals surface area contributed by atoms with E-state index >= 15 is 0 Å². The summed E-state index contributed by atoms with van der Waals surface area (Å²) in [6, 6.07) is 14.2. The smallest absolute Gasteiger partial charge is 0.0547 e. The van der Waals surface area contributed by atoms with E-state index in [-0.39, 0.29) is 0 Å². The number of fused-ring (bicyclic) bond motifs is 3. The second-order valence-electron chi connectivity index (χ2n) is 3.99. The Morgan fingerprint density at radius 2 is 1.75 bits per heavy atom. The van der Waals surface area contributed by atoms with Crippen LogP contribution in [0.5, 0.6) is 0 Å². The van der Waals surface area contributed by atoms with Gasteiger partial charge in [0.15, 0.2) is 0 Å². The fourth-order valence-electron chi connectivity index (χ4n) is 2.39. The normalized spacial score (nSPS) is 11.3. The van der Waals surface area contributed by atoms with E-state index < -0.39 is 0 Å². The predicted octanol–water partition coefficient (Wildman–Crippen LogP) is 3.73. The average Bonchev–Trinajstić information content (AvgIpc) is 2.62. The molecular formula is C14H13N2. The SMILES string of the molecule is CCn1c2ccccc2c2cc([NH])ccc21. The van der Waals surface area contributed by atoms with Gasteiger partial charge in [-0.15, -0.1) is 0 Å². The van der Waals surface area contributed by atoms with Crippen LogP contribution >= 0.6 is 0 Å². The molecule has 3 aromatic rings. The van der Waals surface area contributed by atoms with Crippen molar-refractivity contribution < 1.29 is 0 Å². The highest BCUT2D eigenvalue weighted by Gasteiger charge is 2.08. The highest BCUT2D eigenvalue weighted by Crippen LogP contribution is 2.30. The molecule has 0 aliphatic heterocycles. The number of nitrogens with zero attached hydrogens (tertiary/aromatic N) is 1. The number of hydrogen-bond acceptors (Lipinski definition) is 0. The van der Waals surface area contributed by atoms with Crippen molar-refractivity contribution >= 4 is 27.5 Å². The van der Waals surface area contributed by atoms with Crippen LogP contribution in [0.1, 0.15) is 6.92 Å². The van der Waals surface area contributed by atoms with Gasteiger partial charge in [-0.25, -0.2) is 0 Å². The lowest BCUT2D eigenvalue weighted by Gasteiger charge is -2.02. The predicted molar refractivity (Wildman–Crippen MR) is 67.9 cm³/mol. The van der Waals surface area contributed by atoms with E-state index in [9.17, 15) is 0 Å². The number of rotatable bonds is 1. The third kappa shape index (κ3) is 1.13. The van der Waals surface area contributed by atoms with E-state index in [0.29, 0.717) is 5.69 Å². The Kier molecular flexibility index (Phi) is 1.90. The van der Waals surface area contributed by atoms with Gasteiger partial charge < -0.3 is 10.3 Å². The summed E-state index contributed by atoms with van der Waals surface area (Å²) in [7, 11) is 0. The van der Waals surface area contributed by atoms with Crippen molar-refractivity contribution in [3.8, 4) is 0 Å². The molecule has 2 heteroatoms. The van der Waals surface area contributed by atoms with Gasteiger partial charge in [-0.1, -0.05) is 18.2 Å². The summed E-state index contributed by atoms with van der Waals surface area (Å²) < 4.78 is 2.30. The Hall–Kier alpha value is -1.96. The average molecular weight is 209 g/mol. The fraction of sp³-hybridized carbons (Fsp3) is 0.143. The molecule has 0 bridgehead atoms. The van der Waals surface area contributed by atoms with Gasteiger partial charge in [0.1, 0.15) is 0 Å². The van der Waals surface area contributed by atoms with Crippen LogP contribution in [0.25, 0.3) is 21.8 Å². The molecule has 0 saturated carbocycles. The Bertz CT molecular complexity index is 665. The van der Waals surface area contributed by atoms with Crippen LogP contribution < -0.4 is 5.73 Å². The molecule has 0 spiro atoms. The van der Waals surface area contributed by atoms with E-state index in [1.54, 1.807) is 0 Å². The maximum Gasteiger partial charge on any atom is 0.0547 e. The molecule has 0 fully saturated rings. The first-order valence-electron chi connectivity index (χ1n) is 5.54. The van der Waals surface area contributed by atoms with E-state index in [2.05, 4.69) is 35.8 Å². The number of benzene rings is 2. The molecule has 1 N–H and O–H groups in total. The van der Waals surface area contributed by atoms with Gasteiger partial charge in [0.2, 0.25) is 0 Å². The van der Waals surface area contributed by atoms with Crippen LogP contribution in [0.4, 0.5) is 5.69 Å². The van der Waals surface area contributed by atoms with Crippen molar-refractivity contribution in [3.63, 3.8) is 0 Å². The van der Waals surface area contributed by atoms with Gasteiger partial charge in [-0.3, -0.25) is 0 Å². The van der Waals surface area contributed by atoms with Crippen LogP contribution in [-0.4, -0.2) is 4.57 Å². The molecule has 16 heavy (non-hydrogen) atoms. The molecule has 0 unspecified atom stereocenters. The monoisotopic (exact) mass is 209 g/mol. The van der Waals surface area contributed by atoms with E-state index in [1.807, 2.05) is 18.2 Å². The Morgan fingerprint density at radius 1 is 1.00 bits per heavy atom. The first kappa shape index (κ1) is 9.28. The highest BCUT2D eigenvalue weighted by atomic mass is 15.0. The Balaban J connectivity index is 2.59. The molecule has 2 aromatic carbocycles. The summed E-state index contributed by atoms with van der Waals surface area (Å²) in [6.07, 6.45) is 0. The van der Waals surface area contributed by atoms with Gasteiger partial charge in [-0.05, 0) is 31.2 Å². The van der Waals surface area contributed by atoms with Crippen LogP contribution in [0, 0.1) is 0 Å². The van der Waals surface area contributed by atoms with Crippen LogP contribution in [0.3, 0.4) is 0 Å². The van der Waals surface area contributed by atoms with Crippen molar-refractivity contribution in [2.45, 2.75) is 13.5 Å². The standard InChI is InChI=1S/C14H13N2/c1-2-16-13-6-4-3-5-11(13)12-9-10(15)7-8-14(12)16/h3-9,15H,2H2,1H3. The molecule has 2 nitrogen and oxygen atoms in total. The molecule has 0 saturated heterocycles. The molecule has 3 rings (SSSR count). The van der Waals surface area contributed by atoms with Crippen molar-refractivity contribution in [1.29, 1.82) is 0 Å². The van der Waals surface area contributed by atoms with Crippen LogP contribution in [0.2, 0.25) is 0 Å². The van der Waals surface area contributed by atoms with E-state index in [0.717, 1.165) is 6.54 Å². The number of aryl methyl sites for hydroxylation is 1. The first-order chi connectivity index (χ1) is 7.81. The van der Waals surface area contributed by atoms with Crippen molar-refractivity contribution in [1.82, 2.24) is 10.3 Å². The van der Waals surface area contributed by atoms with Gasteiger partial charge in [0.05, 0.1) is 5.69 Å². The minimum atomic E-state index is 0.575. The molecule has 0 amide bonds.